The van der Waals surface area contributed by atoms with Gasteiger partial charge in [0.15, 0.2) is 0 Å². The Morgan fingerprint density at radius 1 is 0.853 bits per heavy atom. The van der Waals surface area contributed by atoms with Gasteiger partial charge in [0, 0.05) is 37.0 Å². The van der Waals surface area contributed by atoms with Crippen LogP contribution in [0.5, 0.6) is 0 Å². The molecular weight excluding hydrogens is 450 g/mol. The first-order valence-electron chi connectivity index (χ1n) is 11.0. The number of rotatable bonds is 8. The third kappa shape index (κ3) is 5.46. The second-order valence-corrected chi connectivity index (χ2v) is 9.81. The first kappa shape index (κ1) is 25.0. The van der Waals surface area contributed by atoms with E-state index in [1.165, 1.54) is 11.4 Å². The molecule has 3 aromatic carbocycles. The van der Waals surface area contributed by atoms with Crippen molar-refractivity contribution in [3.8, 4) is 0 Å². The highest BCUT2D eigenvalue weighted by molar-refractivity contribution is 7.92. The van der Waals surface area contributed by atoms with E-state index in [4.69, 9.17) is 0 Å². The number of nitrogens with one attached hydrogen (secondary N) is 1. The molecule has 7 nitrogen and oxygen atoms in total. The van der Waals surface area contributed by atoms with Gasteiger partial charge in [-0.25, -0.2) is 8.42 Å². The number of hydrogen-bond acceptors (Lipinski definition) is 4. The Labute approximate surface area is 201 Å². The number of anilines is 2. The average Bonchev–Trinajstić information content (AvgIpc) is 2.84. The average molecular weight is 480 g/mol. The Morgan fingerprint density at radius 2 is 1.47 bits per heavy atom. The zero-order valence-corrected chi connectivity index (χ0v) is 20.6. The van der Waals surface area contributed by atoms with Gasteiger partial charge in [-0.3, -0.25) is 13.9 Å². The van der Waals surface area contributed by atoms with Gasteiger partial charge in [-0.2, -0.15) is 0 Å². The number of nitrogens with zero attached hydrogens (tertiary/aromatic N) is 2. The normalized spacial score (nSPS) is 11.1. The van der Waals surface area contributed by atoms with Crippen molar-refractivity contribution in [1.82, 2.24) is 4.90 Å². The molecule has 0 atom stereocenters. The van der Waals surface area contributed by atoms with E-state index in [1.807, 2.05) is 20.8 Å². The van der Waals surface area contributed by atoms with E-state index in [-0.39, 0.29) is 16.7 Å². The van der Waals surface area contributed by atoms with Crippen LogP contribution in [0.3, 0.4) is 0 Å². The lowest BCUT2D eigenvalue weighted by Gasteiger charge is -2.20. The largest absolute Gasteiger partial charge is 0.339 e. The minimum Gasteiger partial charge on any atom is -0.339 e. The van der Waals surface area contributed by atoms with Gasteiger partial charge >= 0.3 is 0 Å². The molecule has 0 aliphatic heterocycles. The van der Waals surface area contributed by atoms with E-state index in [0.29, 0.717) is 35.6 Å². The number of carbonyl (C=O) groups excluding carboxylic acids is 2. The molecule has 0 fully saturated rings. The Hall–Kier alpha value is -3.65. The van der Waals surface area contributed by atoms with E-state index < -0.39 is 10.0 Å². The highest BCUT2D eigenvalue weighted by Crippen LogP contribution is 2.23. The fourth-order valence-corrected chi connectivity index (χ4v) is 4.65. The molecule has 3 aromatic rings. The number of carbonyl (C=O) groups is 2. The van der Waals surface area contributed by atoms with Crippen molar-refractivity contribution in [1.29, 1.82) is 0 Å². The Bertz CT molecular complexity index is 1270. The van der Waals surface area contributed by atoms with Gasteiger partial charge in [-0.15, -0.1) is 0 Å². The molecule has 8 heteroatoms. The summed E-state index contributed by atoms with van der Waals surface area (Å²) in [4.78, 5) is 27.2. The van der Waals surface area contributed by atoms with Crippen LogP contribution in [0.15, 0.2) is 77.7 Å². The van der Waals surface area contributed by atoms with Crippen molar-refractivity contribution in [3.63, 3.8) is 0 Å². The highest BCUT2D eigenvalue weighted by Gasteiger charge is 2.21. The molecule has 0 saturated heterocycles. The molecule has 0 aliphatic rings. The second-order valence-electron chi connectivity index (χ2n) is 7.84. The standard InChI is InChI=1S/C26H29N3O4S/c1-5-29(6-2)26(31)21-8-7-9-22(18-21)27-25(30)20-12-14-23(15-13-20)28(4)34(32,33)24-16-10-19(3)11-17-24/h7-18H,5-6H2,1-4H3,(H,27,30). The third-order valence-corrected chi connectivity index (χ3v) is 7.39. The molecule has 0 radical (unpaired) electrons. The summed E-state index contributed by atoms with van der Waals surface area (Å²) in [5.74, 6) is -0.452. The number of sulfonamides is 1. The minimum atomic E-state index is -3.72. The van der Waals surface area contributed by atoms with Crippen LogP contribution < -0.4 is 9.62 Å². The molecule has 0 heterocycles. The Balaban J connectivity index is 1.74. The van der Waals surface area contributed by atoms with Crippen LogP contribution in [0.4, 0.5) is 11.4 Å². The molecule has 0 aliphatic carbocycles. The first-order chi connectivity index (χ1) is 16.2. The zero-order chi connectivity index (χ0) is 24.9. The van der Waals surface area contributed by atoms with Crippen LogP contribution in [0.25, 0.3) is 0 Å². The molecular formula is C26H29N3O4S. The van der Waals surface area contributed by atoms with Gasteiger partial charge in [-0.05, 0) is 75.4 Å². The van der Waals surface area contributed by atoms with Gasteiger partial charge in [0.2, 0.25) is 0 Å². The number of hydrogen-bond donors (Lipinski definition) is 1. The molecule has 0 saturated carbocycles. The summed E-state index contributed by atoms with van der Waals surface area (Å²) in [5, 5.41) is 2.80. The van der Waals surface area contributed by atoms with Crippen molar-refractivity contribution in [3.05, 3.63) is 89.5 Å². The summed E-state index contributed by atoms with van der Waals surface area (Å²) < 4.78 is 27.0. The number of benzene rings is 3. The van der Waals surface area contributed by atoms with Crippen molar-refractivity contribution in [2.24, 2.45) is 0 Å². The van der Waals surface area contributed by atoms with Crippen LogP contribution in [-0.2, 0) is 10.0 Å². The van der Waals surface area contributed by atoms with E-state index >= 15 is 0 Å². The summed E-state index contributed by atoms with van der Waals surface area (Å²) in [6.07, 6.45) is 0. The molecule has 1 N–H and O–H groups in total. The van der Waals surface area contributed by atoms with Crippen LogP contribution >= 0.6 is 0 Å². The number of aryl methyl sites for hydroxylation is 1. The van der Waals surface area contributed by atoms with Crippen molar-refractivity contribution in [2.75, 3.05) is 29.8 Å². The maximum absolute atomic E-state index is 12.9. The number of amides is 2. The SMILES string of the molecule is CCN(CC)C(=O)c1cccc(NC(=O)c2ccc(N(C)S(=O)(=O)c3ccc(C)cc3)cc2)c1. The second kappa shape index (κ2) is 10.5. The first-order valence-corrected chi connectivity index (χ1v) is 12.5. The lowest BCUT2D eigenvalue weighted by atomic mass is 10.1. The van der Waals surface area contributed by atoms with Crippen molar-refractivity contribution in [2.45, 2.75) is 25.7 Å². The van der Waals surface area contributed by atoms with Gasteiger partial charge in [0.05, 0.1) is 10.6 Å². The van der Waals surface area contributed by atoms with E-state index in [1.54, 1.807) is 77.7 Å². The van der Waals surface area contributed by atoms with E-state index in [9.17, 15) is 18.0 Å². The molecule has 0 spiro atoms. The summed E-state index contributed by atoms with van der Waals surface area (Å²) in [6, 6.07) is 19.7. The highest BCUT2D eigenvalue weighted by atomic mass is 32.2. The molecule has 34 heavy (non-hydrogen) atoms. The van der Waals surface area contributed by atoms with Gasteiger partial charge in [0.1, 0.15) is 0 Å². The Morgan fingerprint density at radius 3 is 2.06 bits per heavy atom. The quantitative estimate of drug-likeness (QED) is 0.513. The minimum absolute atomic E-state index is 0.0942. The fourth-order valence-electron chi connectivity index (χ4n) is 3.46. The predicted molar refractivity (Wildman–Crippen MR) is 135 cm³/mol. The molecule has 2 amide bonds. The lowest BCUT2D eigenvalue weighted by Crippen LogP contribution is -2.30. The van der Waals surface area contributed by atoms with E-state index in [0.717, 1.165) is 5.56 Å². The topological polar surface area (TPSA) is 86.8 Å². The molecule has 0 bridgehead atoms. The summed E-state index contributed by atoms with van der Waals surface area (Å²) in [5.41, 5.74) is 2.78. The van der Waals surface area contributed by atoms with E-state index in [2.05, 4.69) is 5.32 Å². The third-order valence-electron chi connectivity index (χ3n) is 5.59. The summed E-state index contributed by atoms with van der Waals surface area (Å²) in [6.45, 7) is 6.93. The molecule has 178 valence electrons. The fraction of sp³-hybridized carbons (Fsp3) is 0.231. The maximum Gasteiger partial charge on any atom is 0.264 e. The van der Waals surface area contributed by atoms with Crippen molar-refractivity contribution < 1.29 is 18.0 Å². The van der Waals surface area contributed by atoms with Crippen LogP contribution in [-0.4, -0.2) is 45.3 Å². The summed E-state index contributed by atoms with van der Waals surface area (Å²) in [7, 11) is -2.24. The van der Waals surface area contributed by atoms with Crippen LogP contribution in [0, 0.1) is 6.92 Å². The predicted octanol–water partition coefficient (Wildman–Crippen LogP) is 4.55. The smallest absolute Gasteiger partial charge is 0.264 e. The maximum atomic E-state index is 12.9. The lowest BCUT2D eigenvalue weighted by molar-refractivity contribution is 0.0772. The van der Waals surface area contributed by atoms with Gasteiger partial charge in [0.25, 0.3) is 21.8 Å². The molecule has 0 aromatic heterocycles. The molecule has 3 rings (SSSR count). The monoisotopic (exact) mass is 479 g/mol. The van der Waals surface area contributed by atoms with Gasteiger partial charge < -0.3 is 10.2 Å². The van der Waals surface area contributed by atoms with Gasteiger partial charge in [-0.1, -0.05) is 23.8 Å². The van der Waals surface area contributed by atoms with Crippen LogP contribution in [0.2, 0.25) is 0 Å². The molecule has 0 unspecified atom stereocenters. The Kier molecular flexibility index (Phi) is 7.73. The van der Waals surface area contributed by atoms with Crippen molar-refractivity contribution >= 4 is 33.2 Å². The van der Waals surface area contributed by atoms with Crippen LogP contribution in [0.1, 0.15) is 40.1 Å². The summed E-state index contributed by atoms with van der Waals surface area (Å²) >= 11 is 0. The zero-order valence-electron chi connectivity index (χ0n) is 19.8.